The van der Waals surface area contributed by atoms with E-state index < -0.39 is 0 Å². The van der Waals surface area contributed by atoms with Crippen LogP contribution in [-0.4, -0.2) is 51.3 Å². The highest BCUT2D eigenvalue weighted by atomic mass is 16.5. The summed E-state index contributed by atoms with van der Waals surface area (Å²) in [4.78, 5) is 16.9. The molecule has 0 bridgehead atoms. The molecule has 1 heterocycles. The number of benzene rings is 2. The second kappa shape index (κ2) is 8.03. The van der Waals surface area contributed by atoms with Gasteiger partial charge in [0.1, 0.15) is 11.8 Å². The molecular weight excluding hydrogens is 316 g/mol. The molecular formula is C20H24N2O3. The molecule has 1 fully saturated rings. The number of nitrogens with zero attached hydrogens (tertiary/aromatic N) is 2. The van der Waals surface area contributed by atoms with Crippen molar-refractivity contribution >= 4 is 11.7 Å². The molecule has 0 amide bonds. The summed E-state index contributed by atoms with van der Waals surface area (Å²) in [6.07, 6.45) is 0. The van der Waals surface area contributed by atoms with Crippen molar-refractivity contribution in [2.75, 3.05) is 45.3 Å². The zero-order chi connectivity index (χ0) is 17.6. The lowest BCUT2D eigenvalue weighted by molar-refractivity contribution is -0.147. The van der Waals surface area contributed by atoms with Crippen LogP contribution in [0.2, 0.25) is 0 Å². The number of carbonyl (C=O) groups is 1. The summed E-state index contributed by atoms with van der Waals surface area (Å²) in [7, 11) is 3.12. The van der Waals surface area contributed by atoms with Gasteiger partial charge in [0.2, 0.25) is 0 Å². The van der Waals surface area contributed by atoms with Crippen LogP contribution in [0.1, 0.15) is 11.6 Å². The van der Waals surface area contributed by atoms with Crippen LogP contribution in [0.4, 0.5) is 5.69 Å². The molecule has 0 saturated carbocycles. The van der Waals surface area contributed by atoms with E-state index in [0.717, 1.165) is 37.5 Å². The Morgan fingerprint density at radius 2 is 1.56 bits per heavy atom. The molecule has 1 aliphatic rings. The second-order valence-electron chi connectivity index (χ2n) is 6.06. The van der Waals surface area contributed by atoms with E-state index >= 15 is 0 Å². The largest absolute Gasteiger partial charge is 0.497 e. The van der Waals surface area contributed by atoms with Crippen LogP contribution < -0.4 is 9.64 Å². The molecule has 0 radical (unpaired) electrons. The van der Waals surface area contributed by atoms with Crippen molar-refractivity contribution in [3.8, 4) is 5.75 Å². The SMILES string of the molecule is COC(=O)C(c1ccccc1)N1CCN(c2ccc(OC)cc2)CC1. The smallest absolute Gasteiger partial charge is 0.327 e. The van der Waals surface area contributed by atoms with Gasteiger partial charge in [0.15, 0.2) is 0 Å². The van der Waals surface area contributed by atoms with Crippen molar-refractivity contribution in [2.24, 2.45) is 0 Å². The van der Waals surface area contributed by atoms with Crippen molar-refractivity contribution in [1.82, 2.24) is 4.90 Å². The number of rotatable bonds is 5. The Kier molecular flexibility index (Phi) is 5.56. The maximum absolute atomic E-state index is 12.3. The number of hydrogen-bond acceptors (Lipinski definition) is 5. The Bertz CT molecular complexity index is 680. The van der Waals surface area contributed by atoms with E-state index in [9.17, 15) is 4.79 Å². The van der Waals surface area contributed by atoms with Crippen LogP contribution >= 0.6 is 0 Å². The van der Waals surface area contributed by atoms with E-state index in [0.29, 0.717) is 0 Å². The maximum Gasteiger partial charge on any atom is 0.327 e. The molecule has 3 rings (SSSR count). The highest BCUT2D eigenvalue weighted by Gasteiger charge is 2.31. The summed E-state index contributed by atoms with van der Waals surface area (Å²) in [6.45, 7) is 3.35. The van der Waals surface area contributed by atoms with Gasteiger partial charge in [0.25, 0.3) is 0 Å². The van der Waals surface area contributed by atoms with E-state index in [-0.39, 0.29) is 12.0 Å². The average molecular weight is 340 g/mol. The molecule has 2 aromatic rings. The third kappa shape index (κ3) is 3.94. The summed E-state index contributed by atoms with van der Waals surface area (Å²) in [5.41, 5.74) is 2.15. The van der Waals surface area contributed by atoms with Crippen LogP contribution in [-0.2, 0) is 9.53 Å². The predicted molar refractivity (Wildman–Crippen MR) is 98.0 cm³/mol. The van der Waals surface area contributed by atoms with Crippen molar-refractivity contribution in [3.05, 3.63) is 60.2 Å². The zero-order valence-electron chi connectivity index (χ0n) is 14.7. The fourth-order valence-electron chi connectivity index (χ4n) is 3.27. The molecule has 0 aliphatic carbocycles. The number of esters is 1. The van der Waals surface area contributed by atoms with E-state index in [2.05, 4.69) is 21.9 Å². The number of carbonyl (C=O) groups excluding carboxylic acids is 1. The number of piperazine rings is 1. The highest BCUT2D eigenvalue weighted by molar-refractivity contribution is 5.77. The minimum Gasteiger partial charge on any atom is -0.497 e. The number of ether oxygens (including phenoxy) is 2. The molecule has 0 spiro atoms. The first-order chi connectivity index (χ1) is 12.2. The predicted octanol–water partition coefficient (Wildman–Crippen LogP) is 2.73. The molecule has 25 heavy (non-hydrogen) atoms. The van der Waals surface area contributed by atoms with Crippen LogP contribution in [0.25, 0.3) is 0 Å². The second-order valence-corrected chi connectivity index (χ2v) is 6.06. The van der Waals surface area contributed by atoms with Gasteiger partial charge in [-0.25, -0.2) is 4.79 Å². The Morgan fingerprint density at radius 3 is 2.12 bits per heavy atom. The van der Waals surface area contributed by atoms with E-state index in [1.165, 1.54) is 12.8 Å². The van der Waals surface area contributed by atoms with Gasteiger partial charge >= 0.3 is 5.97 Å². The average Bonchev–Trinajstić information content (AvgIpc) is 2.69. The van der Waals surface area contributed by atoms with Gasteiger partial charge in [0, 0.05) is 31.9 Å². The Hall–Kier alpha value is -2.53. The summed E-state index contributed by atoms with van der Waals surface area (Å²) >= 11 is 0. The van der Waals surface area contributed by atoms with Crippen LogP contribution in [0.15, 0.2) is 54.6 Å². The molecule has 132 valence electrons. The lowest BCUT2D eigenvalue weighted by Gasteiger charge is -2.39. The first-order valence-electron chi connectivity index (χ1n) is 8.48. The highest BCUT2D eigenvalue weighted by Crippen LogP contribution is 2.26. The minimum absolute atomic E-state index is 0.205. The Morgan fingerprint density at radius 1 is 0.920 bits per heavy atom. The van der Waals surface area contributed by atoms with Crippen molar-refractivity contribution < 1.29 is 14.3 Å². The number of anilines is 1. The van der Waals surface area contributed by atoms with Crippen LogP contribution in [0, 0.1) is 0 Å². The van der Waals surface area contributed by atoms with Crippen LogP contribution in [0.3, 0.4) is 0 Å². The van der Waals surface area contributed by atoms with E-state index in [1.807, 2.05) is 42.5 Å². The molecule has 5 heteroatoms. The van der Waals surface area contributed by atoms with Crippen molar-refractivity contribution in [2.45, 2.75) is 6.04 Å². The summed E-state index contributed by atoms with van der Waals surface area (Å²) in [5, 5.41) is 0. The summed E-state index contributed by atoms with van der Waals surface area (Å²) in [6, 6.07) is 17.6. The van der Waals surface area contributed by atoms with Gasteiger partial charge < -0.3 is 14.4 Å². The molecule has 1 unspecified atom stereocenters. The van der Waals surface area contributed by atoms with E-state index in [4.69, 9.17) is 9.47 Å². The minimum atomic E-state index is -0.343. The zero-order valence-corrected chi connectivity index (χ0v) is 14.7. The molecule has 5 nitrogen and oxygen atoms in total. The summed E-state index contributed by atoms with van der Waals surface area (Å²) in [5.74, 6) is 0.654. The van der Waals surface area contributed by atoms with Crippen LogP contribution in [0.5, 0.6) is 5.75 Å². The third-order valence-electron chi connectivity index (χ3n) is 4.66. The number of hydrogen-bond donors (Lipinski definition) is 0. The topological polar surface area (TPSA) is 42.0 Å². The quantitative estimate of drug-likeness (QED) is 0.783. The van der Waals surface area contributed by atoms with Gasteiger partial charge in [0.05, 0.1) is 14.2 Å². The molecule has 0 aromatic heterocycles. The lowest BCUT2D eigenvalue weighted by Crippen LogP contribution is -2.49. The molecule has 1 aliphatic heterocycles. The van der Waals surface area contributed by atoms with E-state index in [1.54, 1.807) is 7.11 Å². The molecule has 1 saturated heterocycles. The van der Waals surface area contributed by atoms with Crippen molar-refractivity contribution in [1.29, 1.82) is 0 Å². The lowest BCUT2D eigenvalue weighted by atomic mass is 10.0. The third-order valence-corrected chi connectivity index (χ3v) is 4.66. The first kappa shape index (κ1) is 17.3. The fourth-order valence-corrected chi connectivity index (χ4v) is 3.27. The number of methoxy groups -OCH3 is 2. The van der Waals surface area contributed by atoms with Gasteiger partial charge in [-0.15, -0.1) is 0 Å². The fraction of sp³-hybridized carbons (Fsp3) is 0.350. The van der Waals surface area contributed by atoms with Gasteiger partial charge in [-0.3, -0.25) is 4.90 Å². The normalized spacial score (nSPS) is 16.3. The molecule has 0 N–H and O–H groups in total. The van der Waals surface area contributed by atoms with Gasteiger partial charge in [-0.05, 0) is 29.8 Å². The first-order valence-corrected chi connectivity index (χ1v) is 8.48. The maximum atomic E-state index is 12.3. The Balaban J connectivity index is 1.69. The standard InChI is InChI=1S/C20H24N2O3/c1-24-18-10-8-17(9-11-18)21-12-14-22(15-13-21)19(20(23)25-2)16-6-4-3-5-7-16/h3-11,19H,12-15H2,1-2H3. The molecule has 1 atom stereocenters. The summed E-state index contributed by atoms with van der Waals surface area (Å²) < 4.78 is 10.3. The monoisotopic (exact) mass is 340 g/mol. The van der Waals surface area contributed by atoms with Gasteiger partial charge in [-0.1, -0.05) is 30.3 Å². The molecule has 2 aromatic carbocycles. The Labute approximate surface area is 148 Å². The van der Waals surface area contributed by atoms with Crippen molar-refractivity contribution in [3.63, 3.8) is 0 Å². The van der Waals surface area contributed by atoms with Gasteiger partial charge in [-0.2, -0.15) is 0 Å².